The van der Waals surface area contributed by atoms with Gasteiger partial charge in [-0.3, -0.25) is 4.79 Å². The quantitative estimate of drug-likeness (QED) is 0.548. The fraction of sp³-hybridized carbons (Fsp3) is 0.167. The van der Waals surface area contributed by atoms with Gasteiger partial charge in [0.2, 0.25) is 5.91 Å². The van der Waals surface area contributed by atoms with Gasteiger partial charge in [0, 0.05) is 19.3 Å². The Morgan fingerprint density at radius 1 is 1.40 bits per heavy atom. The highest BCUT2D eigenvalue weighted by molar-refractivity contribution is 5.70. The summed E-state index contributed by atoms with van der Waals surface area (Å²) in [5.74, 6) is -0.333. The zero-order valence-corrected chi connectivity index (χ0v) is 5.69. The van der Waals surface area contributed by atoms with Crippen molar-refractivity contribution in [3.05, 3.63) is 24.8 Å². The van der Waals surface area contributed by atoms with Crippen molar-refractivity contribution in [3.8, 4) is 0 Å². The van der Waals surface area contributed by atoms with E-state index in [-0.39, 0.29) is 5.91 Å². The van der Waals surface area contributed by atoms with Crippen molar-refractivity contribution < 1.29 is 4.79 Å². The molecule has 0 fully saturated rings. The molecule has 4 heteroatoms. The molecule has 10 heavy (non-hydrogen) atoms. The van der Waals surface area contributed by atoms with Crippen LogP contribution in [-0.2, 0) is 4.79 Å². The molecule has 0 aliphatic heterocycles. The summed E-state index contributed by atoms with van der Waals surface area (Å²) in [5.41, 5.74) is 4.47. The normalized spacial score (nSPS) is 7.30. The molecule has 0 aromatic carbocycles. The van der Waals surface area contributed by atoms with E-state index >= 15 is 0 Å². The van der Waals surface area contributed by atoms with Crippen LogP contribution in [0, 0.1) is 0 Å². The molecule has 1 amide bonds. The summed E-state index contributed by atoms with van der Waals surface area (Å²) < 4.78 is 0. The van der Waals surface area contributed by atoms with E-state index in [9.17, 15) is 4.79 Å². The van der Waals surface area contributed by atoms with Crippen LogP contribution in [0.5, 0.6) is 0 Å². The van der Waals surface area contributed by atoms with Crippen molar-refractivity contribution in [2.24, 2.45) is 5.73 Å². The van der Waals surface area contributed by atoms with E-state index in [4.69, 9.17) is 0 Å². The molecule has 1 heterocycles. The monoisotopic (exact) mass is 139 g/mol. The third kappa shape index (κ3) is 9.75. The Morgan fingerprint density at radius 2 is 1.80 bits per heavy atom. The van der Waals surface area contributed by atoms with Gasteiger partial charge in [-0.15, -0.1) is 0 Å². The molecule has 0 saturated carbocycles. The van der Waals surface area contributed by atoms with Gasteiger partial charge < -0.3 is 5.73 Å². The second kappa shape index (κ2) is 5.68. The van der Waals surface area contributed by atoms with Crippen LogP contribution in [0.2, 0.25) is 0 Å². The fourth-order valence-electron chi connectivity index (χ4n) is 0.253. The van der Waals surface area contributed by atoms with Crippen LogP contribution in [0.15, 0.2) is 24.8 Å². The minimum absolute atomic E-state index is 0.333. The van der Waals surface area contributed by atoms with Crippen molar-refractivity contribution in [1.29, 1.82) is 0 Å². The molecule has 0 atom stereocenters. The van der Waals surface area contributed by atoms with E-state index < -0.39 is 0 Å². The largest absolute Gasteiger partial charge is 0.370 e. The van der Waals surface area contributed by atoms with Crippen molar-refractivity contribution in [2.75, 3.05) is 0 Å². The highest BCUT2D eigenvalue weighted by atomic mass is 16.1. The standard InChI is InChI=1S/C4H4N2.C2H5NO/c1-2-5-4-6-3-1;1-2(3)4/h1-4H;1H3,(H2,3,4). The maximum absolute atomic E-state index is 9.22. The molecule has 0 bridgehead atoms. The number of rotatable bonds is 0. The number of hydrogen-bond donors (Lipinski definition) is 1. The summed E-state index contributed by atoms with van der Waals surface area (Å²) in [6, 6.07) is 1.78. The minimum Gasteiger partial charge on any atom is -0.370 e. The van der Waals surface area contributed by atoms with Gasteiger partial charge in [-0.05, 0) is 6.07 Å². The lowest BCUT2D eigenvalue weighted by Crippen LogP contribution is -2.01. The fourth-order valence-corrected chi connectivity index (χ4v) is 0.253. The van der Waals surface area contributed by atoms with Gasteiger partial charge >= 0.3 is 0 Å². The number of primary amides is 1. The van der Waals surface area contributed by atoms with E-state index in [2.05, 4.69) is 15.7 Å². The van der Waals surface area contributed by atoms with Gasteiger partial charge in [-0.1, -0.05) is 0 Å². The molecule has 0 spiro atoms. The third-order valence-electron chi connectivity index (χ3n) is 0.478. The predicted molar refractivity (Wildman–Crippen MR) is 36.9 cm³/mol. The molecule has 1 rings (SSSR count). The summed E-state index contributed by atoms with van der Waals surface area (Å²) in [5, 5.41) is 0. The number of nitrogens with two attached hydrogens (primary N) is 1. The van der Waals surface area contributed by atoms with Gasteiger partial charge in [0.1, 0.15) is 6.33 Å². The first-order chi connectivity index (χ1) is 4.73. The number of nitrogens with zero attached hydrogens (tertiary/aromatic N) is 2. The lowest BCUT2D eigenvalue weighted by Gasteiger charge is -1.70. The SMILES string of the molecule is CC(N)=O.c1cncnc1. The molecular weight excluding hydrogens is 130 g/mol. The van der Waals surface area contributed by atoms with Crippen molar-refractivity contribution in [1.82, 2.24) is 9.97 Å². The lowest BCUT2D eigenvalue weighted by atomic mass is 10.7. The number of carbonyl (C=O) groups is 1. The smallest absolute Gasteiger partial charge is 0.214 e. The van der Waals surface area contributed by atoms with Crippen molar-refractivity contribution in [2.45, 2.75) is 6.92 Å². The highest BCUT2D eigenvalue weighted by Gasteiger charge is 1.61. The van der Waals surface area contributed by atoms with E-state index in [1.165, 1.54) is 13.3 Å². The maximum Gasteiger partial charge on any atom is 0.214 e. The van der Waals surface area contributed by atoms with Crippen LogP contribution >= 0.6 is 0 Å². The molecule has 1 aromatic rings. The van der Waals surface area contributed by atoms with Gasteiger partial charge in [0.25, 0.3) is 0 Å². The molecule has 0 unspecified atom stereocenters. The van der Waals surface area contributed by atoms with Gasteiger partial charge in [0.05, 0.1) is 0 Å². The Labute approximate surface area is 59.1 Å². The lowest BCUT2D eigenvalue weighted by molar-refractivity contribution is -0.115. The van der Waals surface area contributed by atoms with Crippen LogP contribution in [0.4, 0.5) is 0 Å². The Bertz CT molecular complexity index is 145. The predicted octanol–water partition coefficient (Wildman–Crippen LogP) is -0.0318. The number of carbonyl (C=O) groups excluding carboxylic acids is 1. The molecule has 54 valence electrons. The Kier molecular flexibility index (Phi) is 4.86. The number of hydrogen-bond acceptors (Lipinski definition) is 3. The van der Waals surface area contributed by atoms with E-state index in [1.54, 1.807) is 18.5 Å². The van der Waals surface area contributed by atoms with Crippen LogP contribution in [0.1, 0.15) is 6.92 Å². The van der Waals surface area contributed by atoms with E-state index in [0.29, 0.717) is 0 Å². The van der Waals surface area contributed by atoms with Crippen molar-refractivity contribution >= 4 is 5.91 Å². The zero-order chi connectivity index (χ0) is 7.82. The second-order valence-corrected chi connectivity index (χ2v) is 1.51. The summed E-state index contributed by atoms with van der Waals surface area (Å²) in [6.07, 6.45) is 4.88. The third-order valence-corrected chi connectivity index (χ3v) is 0.478. The maximum atomic E-state index is 9.22. The molecule has 2 N–H and O–H groups in total. The van der Waals surface area contributed by atoms with Gasteiger partial charge in [0.15, 0.2) is 0 Å². The zero-order valence-electron chi connectivity index (χ0n) is 5.69. The second-order valence-electron chi connectivity index (χ2n) is 1.51. The molecule has 4 nitrogen and oxygen atoms in total. The number of amides is 1. The molecular formula is C6H9N3O. The highest BCUT2D eigenvalue weighted by Crippen LogP contribution is 1.66. The Morgan fingerprint density at radius 3 is 1.90 bits per heavy atom. The minimum atomic E-state index is -0.333. The molecule has 0 aliphatic rings. The summed E-state index contributed by atoms with van der Waals surface area (Å²) >= 11 is 0. The van der Waals surface area contributed by atoms with Gasteiger partial charge in [-0.25, -0.2) is 9.97 Å². The van der Waals surface area contributed by atoms with Crippen LogP contribution in [-0.4, -0.2) is 15.9 Å². The Balaban J connectivity index is 0.000000180. The summed E-state index contributed by atoms with van der Waals surface area (Å²) in [4.78, 5) is 16.6. The molecule has 1 aromatic heterocycles. The first-order valence-electron chi connectivity index (χ1n) is 2.69. The summed E-state index contributed by atoms with van der Waals surface area (Å²) in [6.45, 7) is 1.31. The molecule has 0 saturated heterocycles. The van der Waals surface area contributed by atoms with Crippen LogP contribution in [0.25, 0.3) is 0 Å². The Hall–Kier alpha value is -1.45. The van der Waals surface area contributed by atoms with Crippen LogP contribution < -0.4 is 5.73 Å². The topological polar surface area (TPSA) is 68.9 Å². The van der Waals surface area contributed by atoms with Crippen molar-refractivity contribution in [3.63, 3.8) is 0 Å². The molecule has 0 radical (unpaired) electrons. The van der Waals surface area contributed by atoms with E-state index in [0.717, 1.165) is 0 Å². The van der Waals surface area contributed by atoms with E-state index in [1.807, 2.05) is 0 Å². The number of aromatic nitrogens is 2. The molecule has 0 aliphatic carbocycles. The average Bonchev–Trinajstić information content (AvgIpc) is 1.90. The van der Waals surface area contributed by atoms with Crippen LogP contribution in [0.3, 0.4) is 0 Å². The summed E-state index contributed by atoms with van der Waals surface area (Å²) in [7, 11) is 0. The average molecular weight is 139 g/mol. The first kappa shape index (κ1) is 8.55. The first-order valence-corrected chi connectivity index (χ1v) is 2.69. The van der Waals surface area contributed by atoms with Gasteiger partial charge in [-0.2, -0.15) is 0 Å².